The SMILES string of the molecule is [13CH3]C1=[13CH][C@@H](O)[C@@H](O)[13C@H](O)[13C]1=O. The standard InChI is InChI=1S/C7H10O4/c1-3-2-4(8)6(10)7(11)5(3)9/h2,4,6-8,10-11H,1H3/t4-,6-,7-/m1/s1/i1+1,2+1,5+1,7+1. The Morgan fingerprint density at radius 3 is 2.45 bits per heavy atom. The summed E-state index contributed by atoms with van der Waals surface area (Å²) in [6, 6.07) is 0. The first-order valence-electron chi connectivity index (χ1n) is 3.31. The largest absolute Gasteiger partial charge is 0.387 e. The maximum atomic E-state index is 10.9. The van der Waals surface area contributed by atoms with E-state index in [1.165, 1.54) is 13.0 Å². The van der Waals surface area contributed by atoms with Crippen molar-refractivity contribution in [2.24, 2.45) is 0 Å². The van der Waals surface area contributed by atoms with E-state index in [1.807, 2.05) is 0 Å². The fourth-order valence-corrected chi connectivity index (χ4v) is 1.01. The molecular weight excluding hydrogens is 152 g/mol. The fourth-order valence-electron chi connectivity index (χ4n) is 1.01. The maximum Gasteiger partial charge on any atom is 0.189 e. The molecule has 1 rings (SSSR count). The van der Waals surface area contributed by atoms with Crippen LogP contribution in [0.2, 0.25) is 0 Å². The van der Waals surface area contributed by atoms with E-state index in [9.17, 15) is 4.79 Å². The van der Waals surface area contributed by atoms with E-state index in [4.69, 9.17) is 15.3 Å². The van der Waals surface area contributed by atoms with Crippen LogP contribution in [0.4, 0.5) is 0 Å². The molecule has 0 aromatic rings. The Kier molecular flexibility index (Phi) is 2.08. The molecule has 0 unspecified atom stereocenters. The Labute approximate surface area is 63.8 Å². The molecule has 1 aliphatic rings. The summed E-state index contributed by atoms with van der Waals surface area (Å²) in [5.41, 5.74) is 0.287. The topological polar surface area (TPSA) is 77.8 Å². The third kappa shape index (κ3) is 1.33. The monoisotopic (exact) mass is 162 g/mol. The van der Waals surface area contributed by atoms with E-state index < -0.39 is 24.1 Å². The van der Waals surface area contributed by atoms with Gasteiger partial charge in [-0.3, -0.25) is 4.79 Å². The molecule has 0 radical (unpaired) electrons. The zero-order valence-electron chi connectivity index (χ0n) is 6.06. The molecule has 0 spiro atoms. The second-order valence-corrected chi connectivity index (χ2v) is 2.64. The van der Waals surface area contributed by atoms with Crippen molar-refractivity contribution < 1.29 is 20.1 Å². The van der Waals surface area contributed by atoms with Crippen LogP contribution in [0.1, 0.15) is 6.92 Å². The minimum atomic E-state index is -1.48. The number of aliphatic hydroxyl groups excluding tert-OH is 3. The molecule has 3 N–H and O–H groups in total. The summed E-state index contributed by atoms with van der Waals surface area (Å²) >= 11 is 0. The van der Waals surface area contributed by atoms with Gasteiger partial charge >= 0.3 is 0 Å². The second-order valence-electron chi connectivity index (χ2n) is 2.64. The van der Waals surface area contributed by atoms with Crippen LogP contribution in [-0.2, 0) is 4.79 Å². The van der Waals surface area contributed by atoms with Crippen LogP contribution in [0, 0.1) is 0 Å². The third-order valence-corrected chi connectivity index (χ3v) is 1.75. The molecular formula is C7H10O4. The van der Waals surface area contributed by atoms with Crippen molar-refractivity contribution in [1.29, 1.82) is 0 Å². The second kappa shape index (κ2) is 2.73. The molecule has 0 bridgehead atoms. The van der Waals surface area contributed by atoms with Gasteiger partial charge in [-0.1, -0.05) is 0 Å². The van der Waals surface area contributed by atoms with Crippen molar-refractivity contribution in [3.05, 3.63) is 11.6 Å². The molecule has 0 aromatic carbocycles. The van der Waals surface area contributed by atoms with Gasteiger partial charge in [-0.25, -0.2) is 0 Å². The number of ketones is 1. The Morgan fingerprint density at radius 1 is 1.36 bits per heavy atom. The molecule has 0 amide bonds. The predicted molar refractivity (Wildman–Crippen MR) is 36.8 cm³/mol. The highest BCUT2D eigenvalue weighted by atomic mass is 16.4. The van der Waals surface area contributed by atoms with Gasteiger partial charge in [0.25, 0.3) is 0 Å². The van der Waals surface area contributed by atoms with Crippen molar-refractivity contribution in [1.82, 2.24) is 0 Å². The Balaban J connectivity index is 2.92. The number of carbonyl (C=O) groups is 1. The first-order chi connectivity index (χ1) is 5.04. The smallest absolute Gasteiger partial charge is 0.189 e. The summed E-state index contributed by atoms with van der Waals surface area (Å²) in [5.74, 6) is -0.525. The summed E-state index contributed by atoms with van der Waals surface area (Å²) < 4.78 is 0. The van der Waals surface area contributed by atoms with Gasteiger partial charge in [0.15, 0.2) is 5.78 Å². The zero-order chi connectivity index (χ0) is 8.59. The summed E-state index contributed by atoms with van der Waals surface area (Å²) in [4.78, 5) is 10.9. The van der Waals surface area contributed by atoms with E-state index in [2.05, 4.69) is 0 Å². The molecule has 0 fully saturated rings. The predicted octanol–water partition coefficient (Wildman–Crippen LogP) is -1.40. The lowest BCUT2D eigenvalue weighted by atomic mass is 10.3. The average Bonchev–Trinajstić information content (AvgIpc) is 1.97. The fraction of sp³-hybridized carbons (Fsp3) is 0.571. The van der Waals surface area contributed by atoms with Crippen LogP contribution < -0.4 is 0 Å². The maximum absolute atomic E-state index is 10.9. The minimum absolute atomic E-state index is 0.287. The molecule has 0 aromatic heterocycles. The van der Waals surface area contributed by atoms with Crippen LogP contribution in [0.3, 0.4) is 0 Å². The third-order valence-electron chi connectivity index (χ3n) is 1.75. The van der Waals surface area contributed by atoms with Crippen molar-refractivity contribution in [3.8, 4) is 0 Å². The molecule has 0 saturated carbocycles. The highest BCUT2D eigenvalue weighted by molar-refractivity contribution is 5.99. The number of rotatable bonds is 0. The van der Waals surface area contributed by atoms with Gasteiger partial charge in [-0.15, -0.1) is 0 Å². The van der Waals surface area contributed by atoms with Gasteiger partial charge in [0.2, 0.25) is 0 Å². The zero-order valence-corrected chi connectivity index (χ0v) is 6.06. The number of Topliss-reactive ketones (excluding diaryl/α,β-unsaturated/α-hetero) is 1. The van der Waals surface area contributed by atoms with Crippen molar-refractivity contribution in [2.45, 2.75) is 25.2 Å². The molecule has 3 atom stereocenters. The number of carbonyl (C=O) groups excluding carboxylic acids is 1. The number of aliphatic hydroxyl groups is 3. The molecule has 0 heterocycles. The van der Waals surface area contributed by atoms with Crippen molar-refractivity contribution in [3.63, 3.8) is 0 Å². The molecule has 0 saturated heterocycles. The van der Waals surface area contributed by atoms with Gasteiger partial charge in [-0.2, -0.15) is 0 Å². The Morgan fingerprint density at radius 2 is 1.91 bits per heavy atom. The summed E-state index contributed by atoms with van der Waals surface area (Å²) in [6.07, 6.45) is -2.76. The first-order valence-corrected chi connectivity index (χ1v) is 3.31. The van der Waals surface area contributed by atoms with E-state index in [-0.39, 0.29) is 5.57 Å². The minimum Gasteiger partial charge on any atom is -0.387 e. The van der Waals surface area contributed by atoms with Crippen LogP contribution in [0.5, 0.6) is 0 Å². The highest BCUT2D eigenvalue weighted by Crippen LogP contribution is 2.15. The summed E-state index contributed by atoms with van der Waals surface area (Å²) in [5, 5.41) is 27.0. The lowest BCUT2D eigenvalue weighted by Gasteiger charge is -2.24. The van der Waals surface area contributed by atoms with E-state index in [0.29, 0.717) is 0 Å². The van der Waals surface area contributed by atoms with Gasteiger partial charge in [0.05, 0.1) is 0 Å². The Hall–Kier alpha value is -0.710. The average molecular weight is 162 g/mol. The van der Waals surface area contributed by atoms with Gasteiger partial charge in [0, 0.05) is 0 Å². The van der Waals surface area contributed by atoms with Crippen LogP contribution in [-0.4, -0.2) is 39.4 Å². The van der Waals surface area contributed by atoms with Crippen LogP contribution in [0.15, 0.2) is 11.6 Å². The quantitative estimate of drug-likeness (QED) is 0.383. The normalized spacial score (nSPS) is 38.7. The van der Waals surface area contributed by atoms with Crippen LogP contribution >= 0.6 is 0 Å². The van der Waals surface area contributed by atoms with E-state index in [1.54, 1.807) is 0 Å². The summed E-state index contributed by atoms with van der Waals surface area (Å²) in [6.45, 7) is 1.49. The lowest BCUT2D eigenvalue weighted by molar-refractivity contribution is -0.134. The van der Waals surface area contributed by atoms with Gasteiger partial charge < -0.3 is 15.3 Å². The van der Waals surface area contributed by atoms with E-state index in [0.717, 1.165) is 0 Å². The van der Waals surface area contributed by atoms with Gasteiger partial charge in [-0.05, 0) is 18.6 Å². The number of hydrogen-bond acceptors (Lipinski definition) is 4. The first kappa shape index (κ1) is 8.39. The molecule has 4 nitrogen and oxygen atoms in total. The van der Waals surface area contributed by atoms with Crippen molar-refractivity contribution in [2.75, 3.05) is 0 Å². The molecule has 4 heteroatoms. The summed E-state index contributed by atoms with van der Waals surface area (Å²) in [7, 11) is 0. The Bertz CT molecular complexity index is 208. The van der Waals surface area contributed by atoms with Crippen LogP contribution in [0.25, 0.3) is 0 Å². The molecule has 0 aliphatic heterocycles. The van der Waals surface area contributed by atoms with Gasteiger partial charge in [0.1, 0.15) is 18.3 Å². The van der Waals surface area contributed by atoms with E-state index >= 15 is 0 Å². The lowest BCUT2D eigenvalue weighted by Crippen LogP contribution is -2.45. The highest BCUT2D eigenvalue weighted by Gasteiger charge is 2.34. The molecule has 1 aliphatic carbocycles. The van der Waals surface area contributed by atoms with Crippen molar-refractivity contribution >= 4 is 5.78 Å². The molecule has 11 heavy (non-hydrogen) atoms. The molecule has 62 valence electrons. The number of hydrogen-bond donors (Lipinski definition) is 3.